The van der Waals surface area contributed by atoms with E-state index in [1.54, 1.807) is 18.3 Å². The predicted octanol–water partition coefficient (Wildman–Crippen LogP) is 4.54. The van der Waals surface area contributed by atoms with Gasteiger partial charge in [-0.05, 0) is 49.6 Å². The van der Waals surface area contributed by atoms with Crippen molar-refractivity contribution in [3.8, 4) is 11.1 Å². The summed E-state index contributed by atoms with van der Waals surface area (Å²) < 4.78 is 13.2. The van der Waals surface area contributed by atoms with Gasteiger partial charge in [-0.2, -0.15) is 5.10 Å². The summed E-state index contributed by atoms with van der Waals surface area (Å²) in [6, 6.07) is 14.2. The molecule has 0 radical (unpaired) electrons. The summed E-state index contributed by atoms with van der Waals surface area (Å²) in [5.41, 5.74) is 4.75. The molecule has 3 aromatic rings. The molecule has 1 atom stereocenters. The Labute approximate surface area is 158 Å². The van der Waals surface area contributed by atoms with E-state index in [-0.39, 0.29) is 17.6 Å². The second-order valence-electron chi connectivity index (χ2n) is 7.16. The number of nitrogens with zero attached hydrogens (tertiary/aromatic N) is 2. The van der Waals surface area contributed by atoms with Gasteiger partial charge in [0.15, 0.2) is 0 Å². The van der Waals surface area contributed by atoms with Crippen LogP contribution in [0.1, 0.15) is 40.4 Å². The minimum Gasteiger partial charge on any atom is -0.338 e. The van der Waals surface area contributed by atoms with Crippen LogP contribution in [0.3, 0.4) is 0 Å². The Morgan fingerprint density at radius 1 is 1.22 bits per heavy atom. The molecule has 1 fully saturated rings. The third-order valence-electron chi connectivity index (χ3n) is 5.21. The molecular weight excluding hydrogens is 341 g/mol. The number of H-pyrrole nitrogens is 1. The molecule has 1 saturated heterocycles. The number of benzene rings is 2. The van der Waals surface area contributed by atoms with E-state index in [1.165, 1.54) is 12.1 Å². The van der Waals surface area contributed by atoms with Crippen molar-refractivity contribution < 1.29 is 9.18 Å². The van der Waals surface area contributed by atoms with E-state index in [0.717, 1.165) is 47.3 Å². The number of rotatable bonds is 3. The first-order valence-corrected chi connectivity index (χ1v) is 9.27. The van der Waals surface area contributed by atoms with Crippen LogP contribution < -0.4 is 0 Å². The van der Waals surface area contributed by atoms with Gasteiger partial charge in [0, 0.05) is 35.8 Å². The number of hydrogen-bond acceptors (Lipinski definition) is 2. The highest BCUT2D eigenvalue weighted by molar-refractivity contribution is 5.94. The largest absolute Gasteiger partial charge is 0.338 e. The molecule has 0 bridgehead atoms. The van der Waals surface area contributed by atoms with Crippen molar-refractivity contribution in [2.45, 2.75) is 25.7 Å². The molecule has 2 aromatic carbocycles. The van der Waals surface area contributed by atoms with E-state index in [9.17, 15) is 9.18 Å². The number of aromatic amines is 1. The lowest BCUT2D eigenvalue weighted by atomic mass is 9.90. The molecule has 27 heavy (non-hydrogen) atoms. The lowest BCUT2D eigenvalue weighted by Crippen LogP contribution is -2.39. The number of piperidine rings is 1. The van der Waals surface area contributed by atoms with E-state index in [4.69, 9.17) is 0 Å². The summed E-state index contributed by atoms with van der Waals surface area (Å²) in [5.74, 6) is 0.0118. The monoisotopic (exact) mass is 363 g/mol. The molecule has 138 valence electrons. The summed E-state index contributed by atoms with van der Waals surface area (Å²) >= 11 is 0. The van der Waals surface area contributed by atoms with Crippen LogP contribution in [0.5, 0.6) is 0 Å². The van der Waals surface area contributed by atoms with Crippen molar-refractivity contribution >= 4 is 5.91 Å². The summed E-state index contributed by atoms with van der Waals surface area (Å²) in [5, 5.41) is 7.33. The summed E-state index contributed by atoms with van der Waals surface area (Å²) in [6.07, 6.45) is 3.72. The van der Waals surface area contributed by atoms with Crippen LogP contribution in [-0.4, -0.2) is 34.1 Å². The van der Waals surface area contributed by atoms with Crippen molar-refractivity contribution in [2.75, 3.05) is 13.1 Å². The summed E-state index contributed by atoms with van der Waals surface area (Å²) in [7, 11) is 0. The minimum absolute atomic E-state index is 0.0752. The second-order valence-corrected chi connectivity index (χ2v) is 7.16. The maximum atomic E-state index is 13.2. The average molecular weight is 363 g/mol. The van der Waals surface area contributed by atoms with Crippen molar-refractivity contribution in [3.63, 3.8) is 0 Å². The Hall–Kier alpha value is -2.95. The molecule has 0 spiro atoms. The van der Waals surface area contributed by atoms with Crippen LogP contribution in [0.15, 0.2) is 54.7 Å². The van der Waals surface area contributed by atoms with Crippen molar-refractivity contribution in [2.24, 2.45) is 0 Å². The number of carbonyl (C=O) groups excluding carboxylic acids is 1. The van der Waals surface area contributed by atoms with Crippen LogP contribution >= 0.6 is 0 Å². The molecule has 4 nitrogen and oxygen atoms in total. The van der Waals surface area contributed by atoms with E-state index in [1.807, 2.05) is 36.1 Å². The second kappa shape index (κ2) is 7.35. The number of aryl methyl sites for hydroxylation is 1. The minimum atomic E-state index is -0.253. The number of nitrogens with one attached hydrogen (secondary N) is 1. The van der Waals surface area contributed by atoms with Gasteiger partial charge in [0.25, 0.3) is 5.91 Å². The highest BCUT2D eigenvalue weighted by atomic mass is 19.1. The zero-order valence-electron chi connectivity index (χ0n) is 15.3. The van der Waals surface area contributed by atoms with Crippen LogP contribution in [-0.2, 0) is 0 Å². The van der Waals surface area contributed by atoms with Gasteiger partial charge in [0.05, 0.1) is 6.20 Å². The average Bonchev–Trinajstić information content (AvgIpc) is 3.18. The molecule has 4 rings (SSSR count). The zero-order valence-corrected chi connectivity index (χ0v) is 15.3. The Morgan fingerprint density at radius 2 is 2.04 bits per heavy atom. The first kappa shape index (κ1) is 17.5. The van der Waals surface area contributed by atoms with Crippen LogP contribution in [0.4, 0.5) is 4.39 Å². The summed E-state index contributed by atoms with van der Waals surface area (Å²) in [6.45, 7) is 3.42. The SMILES string of the molecule is Cc1cccc(C(=O)N2CCCC(c3[nH]ncc3-c3ccc(F)cc3)C2)c1. The lowest BCUT2D eigenvalue weighted by molar-refractivity contribution is 0.0706. The number of halogens is 1. The Kier molecular flexibility index (Phi) is 4.75. The van der Waals surface area contributed by atoms with Gasteiger partial charge in [-0.15, -0.1) is 0 Å². The van der Waals surface area contributed by atoms with Gasteiger partial charge >= 0.3 is 0 Å². The number of carbonyl (C=O) groups is 1. The zero-order chi connectivity index (χ0) is 18.8. The first-order valence-electron chi connectivity index (χ1n) is 9.27. The van der Waals surface area contributed by atoms with Crippen LogP contribution in [0.2, 0.25) is 0 Å². The molecular formula is C22H22FN3O. The Bertz CT molecular complexity index is 948. The third-order valence-corrected chi connectivity index (χ3v) is 5.21. The molecule has 5 heteroatoms. The Morgan fingerprint density at radius 3 is 2.81 bits per heavy atom. The molecule has 1 amide bonds. The first-order chi connectivity index (χ1) is 13.1. The fraction of sp³-hybridized carbons (Fsp3) is 0.273. The quantitative estimate of drug-likeness (QED) is 0.742. The number of hydrogen-bond donors (Lipinski definition) is 1. The molecule has 1 aromatic heterocycles. The predicted molar refractivity (Wildman–Crippen MR) is 103 cm³/mol. The van der Waals surface area contributed by atoms with E-state index in [0.29, 0.717) is 6.54 Å². The van der Waals surface area contributed by atoms with Gasteiger partial charge in [-0.25, -0.2) is 4.39 Å². The van der Waals surface area contributed by atoms with Crippen LogP contribution in [0, 0.1) is 12.7 Å². The normalized spacial score (nSPS) is 17.1. The van der Waals surface area contributed by atoms with Gasteiger partial charge in [-0.3, -0.25) is 9.89 Å². The molecule has 0 aliphatic carbocycles. The molecule has 1 unspecified atom stereocenters. The number of likely N-dealkylation sites (tertiary alicyclic amines) is 1. The number of amides is 1. The van der Waals surface area contributed by atoms with E-state index in [2.05, 4.69) is 10.2 Å². The van der Waals surface area contributed by atoms with Crippen molar-refractivity contribution in [1.29, 1.82) is 0 Å². The molecule has 0 saturated carbocycles. The molecule has 1 aliphatic heterocycles. The highest BCUT2D eigenvalue weighted by Gasteiger charge is 2.28. The fourth-order valence-corrected chi connectivity index (χ4v) is 3.82. The van der Waals surface area contributed by atoms with Gasteiger partial charge in [0.2, 0.25) is 0 Å². The van der Waals surface area contributed by atoms with Gasteiger partial charge in [0.1, 0.15) is 5.82 Å². The van der Waals surface area contributed by atoms with Crippen molar-refractivity contribution in [3.05, 3.63) is 77.4 Å². The topological polar surface area (TPSA) is 49.0 Å². The van der Waals surface area contributed by atoms with Crippen molar-refractivity contribution in [1.82, 2.24) is 15.1 Å². The van der Waals surface area contributed by atoms with Gasteiger partial charge in [-0.1, -0.05) is 29.8 Å². The smallest absolute Gasteiger partial charge is 0.253 e. The fourth-order valence-electron chi connectivity index (χ4n) is 3.82. The maximum absolute atomic E-state index is 13.2. The highest BCUT2D eigenvalue weighted by Crippen LogP contribution is 2.33. The Balaban J connectivity index is 1.56. The number of aromatic nitrogens is 2. The van der Waals surface area contributed by atoms with E-state index < -0.39 is 0 Å². The standard InChI is InChI=1S/C22H22FN3O/c1-15-4-2-5-17(12-15)22(27)26-11-3-6-18(14-26)21-20(13-24-25-21)16-7-9-19(23)10-8-16/h2,4-5,7-10,12-13,18H,3,6,11,14H2,1H3,(H,24,25). The molecule has 2 heterocycles. The maximum Gasteiger partial charge on any atom is 0.253 e. The van der Waals surface area contributed by atoms with Gasteiger partial charge < -0.3 is 4.90 Å². The summed E-state index contributed by atoms with van der Waals surface area (Å²) in [4.78, 5) is 14.8. The lowest BCUT2D eigenvalue weighted by Gasteiger charge is -2.33. The van der Waals surface area contributed by atoms with Crippen LogP contribution in [0.25, 0.3) is 11.1 Å². The molecule has 1 aliphatic rings. The third kappa shape index (κ3) is 3.63. The van der Waals surface area contributed by atoms with E-state index >= 15 is 0 Å². The molecule has 1 N–H and O–H groups in total.